The van der Waals surface area contributed by atoms with Gasteiger partial charge in [0.05, 0.1) is 9.79 Å². The topological polar surface area (TPSA) is 127 Å². The van der Waals surface area contributed by atoms with Gasteiger partial charge in [0.2, 0.25) is 9.84 Å². The molecule has 0 heterocycles. The fourth-order valence-corrected chi connectivity index (χ4v) is 4.59. The number of carboxylic acids is 2. The summed E-state index contributed by atoms with van der Waals surface area (Å²) in [6.45, 7) is 0. The van der Waals surface area contributed by atoms with Crippen LogP contribution >= 0.6 is 0 Å². The maximum Gasteiger partial charge on any atom is 0.339 e. The lowest BCUT2D eigenvalue weighted by molar-refractivity contribution is 0.0683. The van der Waals surface area contributed by atoms with E-state index >= 15 is 0 Å². The zero-order valence-electron chi connectivity index (χ0n) is 18.0. The van der Waals surface area contributed by atoms with Crippen molar-refractivity contribution >= 4 is 21.8 Å². The SMILES string of the molecule is O=C(O)c1ccccc1Oc1cccc(S(=O)(=O)c2cccc(Oc3ccccc3C(=O)O)c2)c1. The average Bonchev–Trinajstić information content (AvgIpc) is 2.85. The van der Waals surface area contributed by atoms with E-state index in [1.807, 2.05) is 0 Å². The molecule has 4 aromatic carbocycles. The zero-order chi connectivity index (χ0) is 25.0. The van der Waals surface area contributed by atoms with Crippen LogP contribution in [-0.4, -0.2) is 30.6 Å². The summed E-state index contributed by atoms with van der Waals surface area (Å²) in [5.74, 6) is -1.93. The van der Waals surface area contributed by atoms with Crippen molar-refractivity contribution in [1.29, 1.82) is 0 Å². The number of ether oxygens (including phenoxy) is 2. The first-order chi connectivity index (χ1) is 16.8. The predicted octanol–water partition coefficient (Wildman–Crippen LogP) is 5.50. The van der Waals surface area contributed by atoms with Gasteiger partial charge in [-0.15, -0.1) is 0 Å². The molecule has 0 atom stereocenters. The lowest BCUT2D eigenvalue weighted by atomic mass is 10.2. The molecule has 8 nitrogen and oxygen atoms in total. The number of para-hydroxylation sites is 2. The Morgan fingerprint density at radius 1 is 0.571 bits per heavy atom. The Labute approximate surface area is 200 Å². The van der Waals surface area contributed by atoms with Crippen molar-refractivity contribution in [3.8, 4) is 23.0 Å². The minimum absolute atomic E-state index is 0.0627. The van der Waals surface area contributed by atoms with Gasteiger partial charge >= 0.3 is 11.9 Å². The summed E-state index contributed by atoms with van der Waals surface area (Å²) in [5.41, 5.74) is -0.125. The molecule has 0 aliphatic carbocycles. The van der Waals surface area contributed by atoms with Crippen LogP contribution in [-0.2, 0) is 9.84 Å². The molecule has 0 bridgehead atoms. The first kappa shape index (κ1) is 23.5. The van der Waals surface area contributed by atoms with Crippen molar-refractivity contribution in [1.82, 2.24) is 0 Å². The quantitative estimate of drug-likeness (QED) is 0.331. The number of aromatic carboxylic acids is 2. The first-order valence-electron chi connectivity index (χ1n) is 10.2. The Morgan fingerprint density at radius 3 is 1.37 bits per heavy atom. The van der Waals surface area contributed by atoms with Crippen LogP contribution in [0, 0.1) is 0 Å². The van der Waals surface area contributed by atoms with Gasteiger partial charge in [-0.05, 0) is 60.7 Å². The van der Waals surface area contributed by atoms with Crippen LogP contribution in [0.3, 0.4) is 0 Å². The highest BCUT2D eigenvalue weighted by molar-refractivity contribution is 7.91. The van der Waals surface area contributed by atoms with Gasteiger partial charge in [-0.2, -0.15) is 0 Å². The van der Waals surface area contributed by atoms with E-state index < -0.39 is 21.8 Å². The summed E-state index contributed by atoms with van der Waals surface area (Å²) < 4.78 is 37.9. The summed E-state index contributed by atoms with van der Waals surface area (Å²) in [7, 11) is -4.01. The lowest BCUT2D eigenvalue weighted by Gasteiger charge is -2.12. The highest BCUT2D eigenvalue weighted by atomic mass is 32.2. The summed E-state index contributed by atoms with van der Waals surface area (Å²) in [4.78, 5) is 22.7. The van der Waals surface area contributed by atoms with Crippen molar-refractivity contribution in [2.45, 2.75) is 9.79 Å². The molecular weight excluding hydrogens is 472 g/mol. The Bertz CT molecular complexity index is 1420. The van der Waals surface area contributed by atoms with Crippen LogP contribution in [0.2, 0.25) is 0 Å². The number of carboxylic acid groups (broad SMARTS) is 2. The number of sulfone groups is 1. The standard InChI is InChI=1S/C26H18O8S/c27-25(28)21-11-1-3-13-23(21)33-17-7-5-9-19(15-17)35(31,32)20-10-6-8-18(16-20)34-24-14-4-2-12-22(24)26(29)30/h1-16H,(H,27,28)(H,29,30). The molecule has 0 radical (unpaired) electrons. The highest BCUT2D eigenvalue weighted by Gasteiger charge is 2.20. The smallest absolute Gasteiger partial charge is 0.339 e. The lowest BCUT2D eigenvalue weighted by Crippen LogP contribution is -2.04. The van der Waals surface area contributed by atoms with Crippen LogP contribution in [0.25, 0.3) is 0 Å². The van der Waals surface area contributed by atoms with Gasteiger partial charge in [0.25, 0.3) is 0 Å². The van der Waals surface area contributed by atoms with Crippen molar-refractivity contribution in [2.24, 2.45) is 0 Å². The second-order valence-electron chi connectivity index (χ2n) is 7.26. The molecule has 176 valence electrons. The molecule has 0 spiro atoms. The summed E-state index contributed by atoms with van der Waals surface area (Å²) in [6.07, 6.45) is 0. The van der Waals surface area contributed by atoms with E-state index in [1.54, 1.807) is 24.3 Å². The van der Waals surface area contributed by atoms with E-state index in [-0.39, 0.29) is 43.9 Å². The molecule has 0 aliphatic heterocycles. The molecule has 0 aliphatic rings. The molecule has 0 aromatic heterocycles. The van der Waals surface area contributed by atoms with E-state index in [4.69, 9.17) is 9.47 Å². The molecular formula is C26H18O8S. The molecule has 2 N–H and O–H groups in total. The van der Waals surface area contributed by atoms with E-state index in [0.717, 1.165) is 0 Å². The highest BCUT2D eigenvalue weighted by Crippen LogP contribution is 2.32. The minimum atomic E-state index is -4.01. The van der Waals surface area contributed by atoms with Crippen LogP contribution in [0.5, 0.6) is 23.0 Å². The van der Waals surface area contributed by atoms with Crippen LogP contribution in [0.15, 0.2) is 107 Å². The maximum absolute atomic E-state index is 13.3. The largest absolute Gasteiger partial charge is 0.478 e. The number of rotatable bonds is 8. The number of hydrogen-bond acceptors (Lipinski definition) is 6. The van der Waals surface area contributed by atoms with Gasteiger partial charge in [0, 0.05) is 0 Å². The molecule has 0 saturated heterocycles. The molecule has 0 fully saturated rings. The van der Waals surface area contributed by atoms with E-state index in [1.165, 1.54) is 72.8 Å². The van der Waals surface area contributed by atoms with Gasteiger partial charge in [-0.3, -0.25) is 0 Å². The van der Waals surface area contributed by atoms with E-state index in [9.17, 15) is 28.2 Å². The van der Waals surface area contributed by atoms with E-state index in [2.05, 4.69) is 0 Å². The Kier molecular flexibility index (Phi) is 6.52. The van der Waals surface area contributed by atoms with Gasteiger partial charge in [-0.25, -0.2) is 18.0 Å². The number of benzene rings is 4. The monoisotopic (exact) mass is 490 g/mol. The molecule has 0 amide bonds. The third-order valence-corrected chi connectivity index (χ3v) is 6.67. The Balaban J connectivity index is 1.64. The fraction of sp³-hybridized carbons (Fsp3) is 0. The average molecular weight is 490 g/mol. The number of carbonyl (C=O) groups is 2. The van der Waals surface area contributed by atoms with Gasteiger partial charge in [0.15, 0.2) is 0 Å². The zero-order valence-corrected chi connectivity index (χ0v) is 18.8. The van der Waals surface area contributed by atoms with Gasteiger partial charge in [0.1, 0.15) is 34.1 Å². The van der Waals surface area contributed by atoms with Crippen LogP contribution < -0.4 is 9.47 Å². The summed E-state index contributed by atoms with van der Waals surface area (Å²) in [6, 6.07) is 23.4. The molecule has 0 saturated carbocycles. The molecule has 9 heteroatoms. The van der Waals surface area contributed by atoms with E-state index in [0.29, 0.717) is 0 Å². The second-order valence-corrected chi connectivity index (χ2v) is 9.21. The van der Waals surface area contributed by atoms with Crippen LogP contribution in [0.4, 0.5) is 0 Å². The van der Waals surface area contributed by atoms with Gasteiger partial charge in [-0.1, -0.05) is 36.4 Å². The number of hydrogen-bond donors (Lipinski definition) is 2. The second kappa shape index (κ2) is 9.70. The summed E-state index contributed by atoms with van der Waals surface area (Å²) >= 11 is 0. The minimum Gasteiger partial charge on any atom is -0.478 e. The van der Waals surface area contributed by atoms with Crippen molar-refractivity contribution < 1.29 is 37.7 Å². The van der Waals surface area contributed by atoms with Crippen molar-refractivity contribution in [3.05, 3.63) is 108 Å². The molecule has 4 aromatic rings. The Morgan fingerprint density at radius 2 is 0.971 bits per heavy atom. The Hall–Kier alpha value is -4.63. The molecule has 35 heavy (non-hydrogen) atoms. The maximum atomic E-state index is 13.3. The summed E-state index contributed by atoms with van der Waals surface area (Å²) in [5, 5.41) is 18.7. The van der Waals surface area contributed by atoms with Crippen LogP contribution in [0.1, 0.15) is 20.7 Å². The fourth-order valence-electron chi connectivity index (χ4n) is 3.26. The molecule has 0 unspecified atom stereocenters. The molecule has 4 rings (SSSR count). The predicted molar refractivity (Wildman–Crippen MR) is 125 cm³/mol. The first-order valence-corrected chi connectivity index (χ1v) is 11.7. The van der Waals surface area contributed by atoms with Crippen molar-refractivity contribution in [3.63, 3.8) is 0 Å². The third kappa shape index (κ3) is 5.15. The third-order valence-electron chi connectivity index (χ3n) is 4.92. The normalized spacial score (nSPS) is 11.0. The van der Waals surface area contributed by atoms with Gasteiger partial charge < -0.3 is 19.7 Å². The van der Waals surface area contributed by atoms with Crippen molar-refractivity contribution in [2.75, 3.05) is 0 Å².